The molecular weight excluding hydrogens is 304 g/mol. The van der Waals surface area contributed by atoms with E-state index in [1.165, 1.54) is 0 Å². The molecular formula is C20H30O4. The van der Waals surface area contributed by atoms with Gasteiger partial charge in [-0.3, -0.25) is 9.59 Å². The van der Waals surface area contributed by atoms with Crippen LogP contribution < -0.4 is 0 Å². The van der Waals surface area contributed by atoms with E-state index in [1.807, 2.05) is 0 Å². The van der Waals surface area contributed by atoms with Gasteiger partial charge in [-0.15, -0.1) is 0 Å². The molecule has 2 heterocycles. The van der Waals surface area contributed by atoms with E-state index in [-0.39, 0.29) is 52.7 Å². The van der Waals surface area contributed by atoms with E-state index in [9.17, 15) is 9.59 Å². The van der Waals surface area contributed by atoms with Crippen molar-refractivity contribution in [1.82, 2.24) is 0 Å². The number of esters is 2. The van der Waals surface area contributed by atoms with Crippen molar-refractivity contribution < 1.29 is 19.1 Å². The van der Waals surface area contributed by atoms with E-state index < -0.39 is 0 Å². The summed E-state index contributed by atoms with van der Waals surface area (Å²) in [5.41, 5.74) is 0.0130. The molecule has 0 radical (unpaired) electrons. The zero-order chi connectivity index (χ0) is 17.4. The zero-order valence-corrected chi connectivity index (χ0v) is 15.5. The third-order valence-corrected chi connectivity index (χ3v) is 8.24. The first-order chi connectivity index (χ1) is 11.2. The van der Waals surface area contributed by atoms with E-state index >= 15 is 0 Å². The van der Waals surface area contributed by atoms with Crippen molar-refractivity contribution in [2.75, 3.05) is 0 Å². The van der Waals surface area contributed by atoms with Crippen LogP contribution in [-0.2, 0) is 19.1 Å². The van der Waals surface area contributed by atoms with Gasteiger partial charge in [0.1, 0.15) is 12.2 Å². The molecule has 0 spiro atoms. The van der Waals surface area contributed by atoms with Crippen molar-refractivity contribution in [2.24, 2.45) is 40.4 Å². The first-order valence-corrected chi connectivity index (χ1v) is 9.64. The largest absolute Gasteiger partial charge is 0.458 e. The van der Waals surface area contributed by atoms with Gasteiger partial charge in [-0.25, -0.2) is 0 Å². The molecule has 4 nitrogen and oxygen atoms in total. The van der Waals surface area contributed by atoms with Gasteiger partial charge in [0, 0.05) is 11.8 Å². The quantitative estimate of drug-likeness (QED) is 0.738. The van der Waals surface area contributed by atoms with Crippen LogP contribution in [0.5, 0.6) is 0 Å². The van der Waals surface area contributed by atoms with E-state index in [0.717, 1.165) is 25.7 Å². The van der Waals surface area contributed by atoms with Crippen LogP contribution in [0, 0.1) is 40.4 Å². The topological polar surface area (TPSA) is 52.6 Å². The van der Waals surface area contributed by atoms with Crippen LogP contribution in [0.2, 0.25) is 0 Å². The molecule has 134 valence electrons. The number of rotatable bonds is 4. The second-order valence-corrected chi connectivity index (χ2v) is 9.51. The Labute approximate surface area is 144 Å². The lowest BCUT2D eigenvalue weighted by Gasteiger charge is -2.43. The third-order valence-electron chi connectivity index (χ3n) is 8.24. The van der Waals surface area contributed by atoms with Gasteiger partial charge in [0.15, 0.2) is 0 Å². The minimum atomic E-state index is -0.200. The Hall–Kier alpha value is -1.06. The lowest BCUT2D eigenvalue weighted by atomic mass is 9.60. The number of hydrogen-bond acceptors (Lipinski definition) is 4. The second kappa shape index (κ2) is 4.98. The number of carbonyl (C=O) groups excluding carboxylic acids is 2. The highest BCUT2D eigenvalue weighted by molar-refractivity contribution is 5.79. The third kappa shape index (κ3) is 1.91. The molecule has 2 saturated carbocycles. The second-order valence-electron chi connectivity index (χ2n) is 9.51. The molecule has 0 amide bonds. The van der Waals surface area contributed by atoms with Crippen molar-refractivity contribution >= 4 is 11.9 Å². The number of hydrogen-bond donors (Lipinski definition) is 0. The first-order valence-electron chi connectivity index (χ1n) is 9.64. The Kier molecular flexibility index (Phi) is 3.41. The standard InChI is InChI=1S/C20H30O4/c1-6-20(5,7-2)9-12-18(22)23-15-11-8-10-13(14(11)19(12,3)4)16(15)24-17(10)21/h10-16H,6-9H2,1-5H3. The van der Waals surface area contributed by atoms with Gasteiger partial charge in [0.05, 0.1) is 11.8 Å². The monoisotopic (exact) mass is 334 g/mol. The highest BCUT2D eigenvalue weighted by Crippen LogP contribution is 2.67. The fourth-order valence-corrected chi connectivity index (χ4v) is 6.32. The molecule has 2 aliphatic carbocycles. The van der Waals surface area contributed by atoms with Gasteiger partial charge in [-0.2, -0.15) is 0 Å². The summed E-state index contributed by atoms with van der Waals surface area (Å²) >= 11 is 0. The van der Waals surface area contributed by atoms with Crippen LogP contribution in [0.4, 0.5) is 0 Å². The van der Waals surface area contributed by atoms with E-state index in [2.05, 4.69) is 34.6 Å². The van der Waals surface area contributed by atoms with Crippen molar-refractivity contribution in [1.29, 1.82) is 0 Å². The summed E-state index contributed by atoms with van der Waals surface area (Å²) in [6, 6.07) is 0. The molecule has 2 aliphatic heterocycles. The number of fused-ring (bicyclic) bond motifs is 1. The minimum Gasteiger partial charge on any atom is -0.458 e. The lowest BCUT2D eigenvalue weighted by Crippen LogP contribution is -2.44. The van der Waals surface area contributed by atoms with Crippen molar-refractivity contribution in [3.05, 3.63) is 0 Å². The van der Waals surface area contributed by atoms with Crippen LogP contribution in [0.1, 0.15) is 60.3 Å². The average molecular weight is 334 g/mol. The maximum Gasteiger partial charge on any atom is 0.309 e. The molecule has 7 unspecified atom stereocenters. The SMILES string of the molecule is CCC(C)(CC)CC1C(=O)OC2C3CC4C(=O)OC2C4C3C1(C)C. The maximum absolute atomic E-state index is 13.0. The summed E-state index contributed by atoms with van der Waals surface area (Å²) in [6.45, 7) is 11.2. The molecule has 0 aromatic rings. The molecule has 4 rings (SSSR count). The molecule has 4 bridgehead atoms. The molecule has 2 saturated heterocycles. The Morgan fingerprint density at radius 2 is 1.71 bits per heavy atom. The van der Waals surface area contributed by atoms with Crippen molar-refractivity contribution in [3.63, 3.8) is 0 Å². The van der Waals surface area contributed by atoms with E-state index in [4.69, 9.17) is 9.47 Å². The maximum atomic E-state index is 13.0. The summed E-state index contributed by atoms with van der Waals surface area (Å²) < 4.78 is 11.6. The molecule has 4 heteroatoms. The molecule has 0 aromatic carbocycles. The summed E-state index contributed by atoms with van der Waals surface area (Å²) in [6.07, 6.45) is 3.47. The van der Waals surface area contributed by atoms with Gasteiger partial charge >= 0.3 is 11.9 Å². The Bertz CT molecular complexity index is 576. The number of carbonyl (C=O) groups is 2. The highest BCUT2D eigenvalue weighted by atomic mass is 16.6. The van der Waals surface area contributed by atoms with Crippen LogP contribution >= 0.6 is 0 Å². The predicted molar refractivity (Wildman–Crippen MR) is 88.9 cm³/mol. The van der Waals surface area contributed by atoms with Crippen molar-refractivity contribution in [2.45, 2.75) is 72.5 Å². The molecule has 4 aliphatic rings. The van der Waals surface area contributed by atoms with Crippen LogP contribution in [-0.4, -0.2) is 24.1 Å². The fraction of sp³-hybridized carbons (Fsp3) is 0.900. The lowest BCUT2D eigenvalue weighted by molar-refractivity contribution is -0.169. The molecule has 0 aromatic heterocycles. The summed E-state index contributed by atoms with van der Waals surface area (Å²) in [5.74, 6) is 0.751. The van der Waals surface area contributed by atoms with E-state index in [1.54, 1.807) is 0 Å². The highest BCUT2D eigenvalue weighted by Gasteiger charge is 2.73. The minimum absolute atomic E-state index is 0.0433. The van der Waals surface area contributed by atoms with Crippen LogP contribution in [0.3, 0.4) is 0 Å². The van der Waals surface area contributed by atoms with E-state index in [0.29, 0.717) is 11.8 Å². The van der Waals surface area contributed by atoms with Crippen LogP contribution in [0.25, 0.3) is 0 Å². The Balaban J connectivity index is 1.71. The molecule has 24 heavy (non-hydrogen) atoms. The molecule has 0 N–H and O–H groups in total. The number of ether oxygens (including phenoxy) is 2. The summed E-state index contributed by atoms with van der Waals surface area (Å²) in [4.78, 5) is 25.2. The Morgan fingerprint density at radius 1 is 1.08 bits per heavy atom. The first kappa shape index (κ1) is 16.4. The summed E-state index contributed by atoms with van der Waals surface area (Å²) in [5, 5.41) is 0. The molecule has 4 fully saturated rings. The van der Waals surface area contributed by atoms with Gasteiger partial charge in [-0.1, -0.05) is 47.5 Å². The average Bonchev–Trinajstić information content (AvgIpc) is 3.11. The van der Waals surface area contributed by atoms with Gasteiger partial charge in [-0.05, 0) is 29.6 Å². The van der Waals surface area contributed by atoms with Gasteiger partial charge in [0.25, 0.3) is 0 Å². The normalized spacial score (nSPS) is 45.1. The molecule has 7 atom stereocenters. The Morgan fingerprint density at radius 3 is 2.33 bits per heavy atom. The van der Waals surface area contributed by atoms with Crippen LogP contribution in [0.15, 0.2) is 0 Å². The summed E-state index contributed by atoms with van der Waals surface area (Å²) in [7, 11) is 0. The predicted octanol–water partition coefficient (Wildman–Crippen LogP) is 3.58. The smallest absolute Gasteiger partial charge is 0.309 e. The zero-order valence-electron chi connectivity index (χ0n) is 15.5. The van der Waals surface area contributed by atoms with Crippen molar-refractivity contribution in [3.8, 4) is 0 Å². The van der Waals surface area contributed by atoms with Gasteiger partial charge < -0.3 is 9.47 Å². The van der Waals surface area contributed by atoms with Gasteiger partial charge in [0.2, 0.25) is 0 Å². The fourth-order valence-electron chi connectivity index (χ4n) is 6.32.